The van der Waals surface area contributed by atoms with Crippen LogP contribution in [0, 0.1) is 0 Å². The van der Waals surface area contributed by atoms with E-state index in [2.05, 4.69) is 52.1 Å². The van der Waals surface area contributed by atoms with E-state index in [1.165, 1.54) is 5.56 Å². The zero-order chi connectivity index (χ0) is 13.0. The maximum absolute atomic E-state index is 4.40. The molecule has 1 aromatic heterocycles. The van der Waals surface area contributed by atoms with Crippen LogP contribution in [0.25, 0.3) is 0 Å². The van der Waals surface area contributed by atoms with Gasteiger partial charge in [0.05, 0.1) is 0 Å². The van der Waals surface area contributed by atoms with Crippen molar-refractivity contribution in [2.45, 2.75) is 25.3 Å². The van der Waals surface area contributed by atoms with Crippen molar-refractivity contribution in [1.82, 2.24) is 14.9 Å². The van der Waals surface area contributed by atoms with Crippen LogP contribution in [-0.4, -0.2) is 22.6 Å². The van der Waals surface area contributed by atoms with Crippen LogP contribution in [-0.2, 0) is 13.5 Å². The quantitative estimate of drug-likeness (QED) is 0.873. The fourth-order valence-corrected chi connectivity index (χ4v) is 2.31. The van der Waals surface area contributed by atoms with Gasteiger partial charge in [-0.05, 0) is 18.5 Å². The molecule has 0 aliphatic carbocycles. The smallest absolute Gasteiger partial charge is 0.109 e. The van der Waals surface area contributed by atoms with Gasteiger partial charge in [-0.15, -0.1) is 0 Å². The van der Waals surface area contributed by atoms with Crippen molar-refractivity contribution in [3.05, 3.63) is 54.1 Å². The highest BCUT2D eigenvalue weighted by atomic mass is 15.0. The average Bonchev–Trinajstić information content (AvgIpc) is 2.81. The number of benzene rings is 1. The second-order valence-electron chi connectivity index (χ2n) is 4.75. The minimum absolute atomic E-state index is 0.397. The van der Waals surface area contributed by atoms with Crippen LogP contribution in [0.4, 0.5) is 0 Å². The Kier molecular flexibility index (Phi) is 4.15. The largest absolute Gasteiger partial charge is 0.338 e. The molecule has 2 unspecified atom stereocenters. The van der Waals surface area contributed by atoms with Crippen molar-refractivity contribution >= 4 is 0 Å². The molecule has 0 bridgehead atoms. The van der Waals surface area contributed by atoms with Crippen LogP contribution in [0.2, 0.25) is 0 Å². The third-order valence-corrected chi connectivity index (χ3v) is 3.62. The molecule has 0 spiro atoms. The first kappa shape index (κ1) is 12.8. The Balaban J connectivity index is 2.12. The van der Waals surface area contributed by atoms with E-state index in [4.69, 9.17) is 0 Å². The standard InChI is InChI=1S/C15H21N3/c1-12(13-7-5-4-6-8-13)14(16-2)11-15-17-9-10-18(15)3/h4-10,12,14,16H,11H2,1-3H3. The third-order valence-electron chi connectivity index (χ3n) is 3.62. The first-order chi connectivity index (χ1) is 8.72. The van der Waals surface area contributed by atoms with Crippen molar-refractivity contribution in [3.8, 4) is 0 Å². The van der Waals surface area contributed by atoms with E-state index in [-0.39, 0.29) is 0 Å². The Labute approximate surface area is 109 Å². The number of nitrogens with zero attached hydrogens (tertiary/aromatic N) is 2. The molecule has 0 aliphatic rings. The van der Waals surface area contributed by atoms with Crippen LogP contribution < -0.4 is 5.32 Å². The van der Waals surface area contributed by atoms with E-state index >= 15 is 0 Å². The predicted octanol–water partition coefficient (Wildman–Crippen LogP) is 2.35. The lowest BCUT2D eigenvalue weighted by Crippen LogP contribution is -2.33. The Hall–Kier alpha value is -1.61. The highest BCUT2D eigenvalue weighted by molar-refractivity contribution is 5.21. The predicted molar refractivity (Wildman–Crippen MR) is 74.6 cm³/mol. The fourth-order valence-electron chi connectivity index (χ4n) is 2.31. The molecule has 0 aliphatic heterocycles. The molecule has 2 atom stereocenters. The molecule has 2 aromatic rings. The molecule has 0 saturated carbocycles. The SMILES string of the molecule is CNC(Cc1nccn1C)C(C)c1ccccc1. The van der Waals surface area contributed by atoms with Gasteiger partial charge in [0.25, 0.3) is 0 Å². The summed E-state index contributed by atoms with van der Waals surface area (Å²) in [6, 6.07) is 11.0. The topological polar surface area (TPSA) is 29.9 Å². The van der Waals surface area contributed by atoms with E-state index in [0.717, 1.165) is 12.2 Å². The van der Waals surface area contributed by atoms with E-state index in [9.17, 15) is 0 Å². The summed E-state index contributed by atoms with van der Waals surface area (Å²) in [5.41, 5.74) is 1.37. The molecule has 0 amide bonds. The third kappa shape index (κ3) is 2.79. The average molecular weight is 243 g/mol. The van der Waals surface area contributed by atoms with Crippen molar-refractivity contribution in [1.29, 1.82) is 0 Å². The van der Waals surface area contributed by atoms with Crippen molar-refractivity contribution in [2.75, 3.05) is 7.05 Å². The molecule has 1 N–H and O–H groups in total. The van der Waals surface area contributed by atoms with E-state index in [1.807, 2.05) is 26.5 Å². The summed E-state index contributed by atoms with van der Waals surface area (Å²) in [5.74, 6) is 1.59. The normalized spacial score (nSPS) is 14.4. The van der Waals surface area contributed by atoms with Crippen LogP contribution >= 0.6 is 0 Å². The molecule has 1 heterocycles. The number of imidazole rings is 1. The van der Waals surface area contributed by atoms with Crippen molar-refractivity contribution in [3.63, 3.8) is 0 Å². The van der Waals surface area contributed by atoms with Gasteiger partial charge in [-0.1, -0.05) is 37.3 Å². The van der Waals surface area contributed by atoms with Gasteiger partial charge in [0, 0.05) is 31.9 Å². The molecule has 96 valence electrons. The first-order valence-corrected chi connectivity index (χ1v) is 6.40. The van der Waals surface area contributed by atoms with E-state index in [1.54, 1.807) is 0 Å². The molecule has 3 heteroatoms. The summed E-state index contributed by atoms with van der Waals surface area (Å²) in [5, 5.41) is 3.41. The summed E-state index contributed by atoms with van der Waals surface area (Å²) >= 11 is 0. The Morgan fingerprint density at radius 1 is 1.28 bits per heavy atom. The summed E-state index contributed by atoms with van der Waals surface area (Å²) in [6.07, 6.45) is 4.79. The number of aromatic nitrogens is 2. The minimum atomic E-state index is 0.397. The second kappa shape index (κ2) is 5.83. The Bertz CT molecular complexity index is 475. The van der Waals surface area contributed by atoms with Gasteiger partial charge in [0.15, 0.2) is 0 Å². The fraction of sp³-hybridized carbons (Fsp3) is 0.400. The molecule has 0 saturated heterocycles. The first-order valence-electron chi connectivity index (χ1n) is 6.40. The number of hydrogen-bond acceptors (Lipinski definition) is 2. The molecule has 0 radical (unpaired) electrons. The van der Waals surface area contributed by atoms with Crippen LogP contribution in [0.3, 0.4) is 0 Å². The van der Waals surface area contributed by atoms with Gasteiger partial charge < -0.3 is 9.88 Å². The van der Waals surface area contributed by atoms with Gasteiger partial charge in [0.2, 0.25) is 0 Å². The van der Waals surface area contributed by atoms with Crippen LogP contribution in [0.5, 0.6) is 0 Å². The number of aryl methyl sites for hydroxylation is 1. The molecular weight excluding hydrogens is 222 g/mol. The summed E-state index contributed by atoms with van der Waals surface area (Å²) in [4.78, 5) is 4.40. The van der Waals surface area contributed by atoms with E-state index < -0.39 is 0 Å². The number of hydrogen-bond donors (Lipinski definition) is 1. The van der Waals surface area contributed by atoms with Gasteiger partial charge >= 0.3 is 0 Å². The molecule has 1 aromatic carbocycles. The number of rotatable bonds is 5. The number of likely N-dealkylation sites (N-methyl/N-ethyl adjacent to an activating group) is 1. The highest BCUT2D eigenvalue weighted by Crippen LogP contribution is 2.20. The van der Waals surface area contributed by atoms with Gasteiger partial charge in [-0.3, -0.25) is 0 Å². The molecule has 3 nitrogen and oxygen atoms in total. The monoisotopic (exact) mass is 243 g/mol. The van der Waals surface area contributed by atoms with Crippen LogP contribution in [0.1, 0.15) is 24.2 Å². The molecular formula is C15H21N3. The molecule has 2 rings (SSSR count). The Morgan fingerprint density at radius 3 is 2.56 bits per heavy atom. The van der Waals surface area contributed by atoms with Gasteiger partial charge in [-0.2, -0.15) is 0 Å². The van der Waals surface area contributed by atoms with E-state index in [0.29, 0.717) is 12.0 Å². The zero-order valence-corrected chi connectivity index (χ0v) is 11.3. The Morgan fingerprint density at radius 2 is 2.00 bits per heavy atom. The van der Waals surface area contributed by atoms with Gasteiger partial charge in [-0.25, -0.2) is 4.98 Å². The second-order valence-corrected chi connectivity index (χ2v) is 4.75. The number of nitrogens with one attached hydrogen (secondary N) is 1. The lowest BCUT2D eigenvalue weighted by Gasteiger charge is -2.23. The van der Waals surface area contributed by atoms with Gasteiger partial charge in [0.1, 0.15) is 5.82 Å². The zero-order valence-electron chi connectivity index (χ0n) is 11.3. The molecule has 18 heavy (non-hydrogen) atoms. The minimum Gasteiger partial charge on any atom is -0.338 e. The summed E-state index contributed by atoms with van der Waals surface area (Å²) in [7, 11) is 4.06. The lowest BCUT2D eigenvalue weighted by molar-refractivity contribution is 0.468. The van der Waals surface area contributed by atoms with Crippen molar-refractivity contribution < 1.29 is 0 Å². The maximum atomic E-state index is 4.40. The maximum Gasteiger partial charge on any atom is 0.109 e. The van der Waals surface area contributed by atoms with Crippen LogP contribution in [0.15, 0.2) is 42.7 Å². The van der Waals surface area contributed by atoms with Crippen molar-refractivity contribution in [2.24, 2.45) is 7.05 Å². The highest BCUT2D eigenvalue weighted by Gasteiger charge is 2.19. The lowest BCUT2D eigenvalue weighted by atomic mass is 9.91. The summed E-state index contributed by atoms with van der Waals surface area (Å²) in [6.45, 7) is 2.26. The summed E-state index contributed by atoms with van der Waals surface area (Å²) < 4.78 is 2.09. The molecule has 0 fully saturated rings.